The van der Waals surface area contributed by atoms with E-state index in [4.69, 9.17) is 21.2 Å². The van der Waals surface area contributed by atoms with Crippen LogP contribution in [0.4, 0.5) is 0 Å². The van der Waals surface area contributed by atoms with Crippen LogP contribution in [0.5, 0.6) is 0 Å². The summed E-state index contributed by atoms with van der Waals surface area (Å²) in [5.41, 5.74) is 1.32. The van der Waals surface area contributed by atoms with Gasteiger partial charge in [0.2, 0.25) is 5.91 Å². The molecule has 1 amide bonds. The number of hydrogen-bond acceptors (Lipinski definition) is 8. The molecular weight excluding hydrogens is 446 g/mol. The van der Waals surface area contributed by atoms with Crippen LogP contribution in [0.25, 0.3) is 0 Å². The van der Waals surface area contributed by atoms with E-state index in [1.807, 2.05) is 17.5 Å². The number of Topliss-reactive ketones (excluding diaryl/α,β-unsaturated/α-hetero) is 1. The number of benzene rings is 1. The van der Waals surface area contributed by atoms with Crippen molar-refractivity contribution in [2.24, 2.45) is 5.92 Å². The SMILES string of the molecule is CC1C(=O)NC(SCC(=O)Cc2nccs2)=C(C#N)C1c1ccc(Cl)cc1.O=C=O. The first-order chi connectivity index (χ1) is 14.4. The lowest BCUT2D eigenvalue weighted by Crippen LogP contribution is -2.38. The summed E-state index contributed by atoms with van der Waals surface area (Å²) in [4.78, 5) is 45.0. The molecule has 2 unspecified atom stereocenters. The number of rotatable bonds is 6. The summed E-state index contributed by atoms with van der Waals surface area (Å²) in [6, 6.07) is 9.38. The molecule has 0 spiro atoms. The molecule has 0 fully saturated rings. The zero-order chi connectivity index (χ0) is 22.1. The van der Waals surface area contributed by atoms with Crippen molar-refractivity contribution in [3.63, 3.8) is 0 Å². The number of nitrogens with zero attached hydrogens (tertiary/aromatic N) is 2. The number of ketones is 1. The number of thioether (sulfide) groups is 1. The van der Waals surface area contributed by atoms with Gasteiger partial charge in [0, 0.05) is 28.4 Å². The smallest absolute Gasteiger partial charge is 0.320 e. The van der Waals surface area contributed by atoms with E-state index >= 15 is 0 Å². The third-order valence-electron chi connectivity index (χ3n) is 4.26. The quantitative estimate of drug-likeness (QED) is 0.700. The Kier molecular flexibility index (Phi) is 8.96. The molecule has 1 aliphatic rings. The number of hydrogen-bond donors (Lipinski definition) is 1. The van der Waals surface area contributed by atoms with Gasteiger partial charge in [-0.3, -0.25) is 9.59 Å². The minimum atomic E-state index is -0.392. The van der Waals surface area contributed by atoms with Crippen molar-refractivity contribution in [3.05, 3.63) is 62.0 Å². The third kappa shape index (κ3) is 6.12. The lowest BCUT2D eigenvalue weighted by Gasteiger charge is -2.30. The summed E-state index contributed by atoms with van der Waals surface area (Å²) in [6.07, 6.45) is 2.17. The zero-order valence-corrected chi connectivity index (χ0v) is 18.1. The fraction of sp³-hybridized carbons (Fsp3) is 0.250. The van der Waals surface area contributed by atoms with Crippen molar-refractivity contribution in [1.82, 2.24) is 10.3 Å². The molecule has 3 rings (SSSR count). The predicted molar refractivity (Wildman–Crippen MR) is 112 cm³/mol. The molecule has 2 atom stereocenters. The summed E-state index contributed by atoms with van der Waals surface area (Å²) in [7, 11) is 0. The third-order valence-corrected chi connectivity index (χ3v) is 6.37. The first-order valence-electron chi connectivity index (χ1n) is 8.64. The van der Waals surface area contributed by atoms with E-state index in [1.165, 1.54) is 23.1 Å². The molecule has 1 N–H and O–H groups in total. The molecule has 1 aliphatic heterocycles. The van der Waals surface area contributed by atoms with E-state index in [9.17, 15) is 14.9 Å². The molecule has 0 saturated carbocycles. The molecular formula is C20H16ClN3O4S2. The zero-order valence-electron chi connectivity index (χ0n) is 15.8. The lowest BCUT2D eigenvalue weighted by atomic mass is 9.80. The van der Waals surface area contributed by atoms with Crippen molar-refractivity contribution in [2.75, 3.05) is 5.75 Å². The van der Waals surface area contributed by atoms with E-state index in [1.54, 1.807) is 25.3 Å². The molecule has 7 nitrogen and oxygen atoms in total. The first kappa shape index (κ1) is 23.5. The van der Waals surface area contributed by atoms with Gasteiger partial charge in [-0.2, -0.15) is 14.9 Å². The molecule has 0 bridgehead atoms. The Morgan fingerprint density at radius 2 is 2.00 bits per heavy atom. The van der Waals surface area contributed by atoms with Crippen LogP contribution >= 0.6 is 34.7 Å². The lowest BCUT2D eigenvalue weighted by molar-refractivity contribution is -0.191. The van der Waals surface area contributed by atoms with E-state index < -0.39 is 5.92 Å². The highest BCUT2D eigenvalue weighted by molar-refractivity contribution is 8.03. The summed E-state index contributed by atoms with van der Waals surface area (Å²) in [6.45, 7) is 1.79. The van der Waals surface area contributed by atoms with Crippen LogP contribution in [0.1, 0.15) is 23.4 Å². The molecule has 0 radical (unpaired) electrons. The largest absolute Gasteiger partial charge is 0.373 e. The van der Waals surface area contributed by atoms with Crippen LogP contribution < -0.4 is 5.32 Å². The summed E-state index contributed by atoms with van der Waals surface area (Å²) in [5, 5.41) is 16.1. The van der Waals surface area contributed by atoms with E-state index in [-0.39, 0.29) is 35.9 Å². The molecule has 1 aromatic carbocycles. The molecule has 2 aromatic rings. The van der Waals surface area contributed by atoms with Crippen LogP contribution in [0, 0.1) is 17.2 Å². The van der Waals surface area contributed by atoms with Gasteiger partial charge in [0.25, 0.3) is 0 Å². The van der Waals surface area contributed by atoms with Crippen molar-refractivity contribution in [2.45, 2.75) is 19.3 Å². The second-order valence-electron chi connectivity index (χ2n) is 6.18. The highest BCUT2D eigenvalue weighted by Gasteiger charge is 2.36. The molecule has 1 aromatic heterocycles. The highest BCUT2D eigenvalue weighted by atomic mass is 35.5. The second-order valence-corrected chi connectivity index (χ2v) is 8.58. The number of halogens is 1. The van der Waals surface area contributed by atoms with Crippen molar-refractivity contribution in [1.29, 1.82) is 5.26 Å². The van der Waals surface area contributed by atoms with E-state index in [0.717, 1.165) is 10.6 Å². The number of thiazole rings is 1. The average Bonchev–Trinajstić information content (AvgIpc) is 3.23. The molecule has 10 heteroatoms. The molecule has 0 saturated heterocycles. The van der Waals surface area contributed by atoms with Gasteiger partial charge < -0.3 is 5.32 Å². The van der Waals surface area contributed by atoms with Crippen LogP contribution in [0.3, 0.4) is 0 Å². The average molecular weight is 462 g/mol. The number of nitrogens with one attached hydrogen (secondary N) is 1. The maximum atomic E-state index is 12.4. The number of allylic oxidation sites excluding steroid dienone is 1. The van der Waals surface area contributed by atoms with Crippen LogP contribution in [-0.4, -0.2) is 28.6 Å². The van der Waals surface area contributed by atoms with Crippen LogP contribution in [0.15, 0.2) is 46.4 Å². The minimum absolute atomic E-state index is 0.00402. The van der Waals surface area contributed by atoms with E-state index in [2.05, 4.69) is 16.4 Å². The summed E-state index contributed by atoms with van der Waals surface area (Å²) in [5.74, 6) is -0.754. The second kappa shape index (κ2) is 11.4. The van der Waals surface area contributed by atoms with Gasteiger partial charge in [-0.25, -0.2) is 4.98 Å². The molecule has 30 heavy (non-hydrogen) atoms. The van der Waals surface area contributed by atoms with Crippen molar-refractivity contribution in [3.8, 4) is 6.07 Å². The van der Waals surface area contributed by atoms with Gasteiger partial charge in [0.05, 0.1) is 33.9 Å². The Balaban J connectivity index is 0.00000101. The fourth-order valence-corrected chi connectivity index (χ4v) is 4.59. The molecule has 154 valence electrons. The molecule has 0 aliphatic carbocycles. The minimum Gasteiger partial charge on any atom is -0.320 e. The Morgan fingerprint density at radius 1 is 1.33 bits per heavy atom. The van der Waals surface area contributed by atoms with Gasteiger partial charge in [0.1, 0.15) is 5.78 Å². The number of carbonyl (C=O) groups is 2. The van der Waals surface area contributed by atoms with Crippen LogP contribution in [0.2, 0.25) is 5.02 Å². The topological polar surface area (TPSA) is 117 Å². The number of amides is 1. The Hall–Kier alpha value is -2.76. The Bertz CT molecular complexity index is 1010. The van der Waals surface area contributed by atoms with Crippen molar-refractivity contribution < 1.29 is 19.2 Å². The number of carbonyl (C=O) groups excluding carboxylic acids is 4. The Morgan fingerprint density at radius 3 is 2.57 bits per heavy atom. The normalized spacial score (nSPS) is 17.8. The van der Waals surface area contributed by atoms with Gasteiger partial charge in [-0.05, 0) is 17.7 Å². The Labute approximate surface area is 186 Å². The van der Waals surface area contributed by atoms with Gasteiger partial charge in [-0.15, -0.1) is 11.3 Å². The monoisotopic (exact) mass is 461 g/mol. The first-order valence-corrected chi connectivity index (χ1v) is 10.9. The summed E-state index contributed by atoms with van der Waals surface area (Å²) >= 11 is 8.58. The predicted octanol–water partition coefficient (Wildman–Crippen LogP) is 3.34. The van der Waals surface area contributed by atoms with Gasteiger partial charge in [-0.1, -0.05) is 42.4 Å². The van der Waals surface area contributed by atoms with E-state index in [0.29, 0.717) is 15.6 Å². The van der Waals surface area contributed by atoms with Gasteiger partial charge in [0.15, 0.2) is 0 Å². The standard InChI is InChI=1S/C19H16ClN3O2S2.CO2/c1-11-17(12-2-4-13(20)5-3-12)15(9-21)19(23-18(11)25)27-10-14(24)8-16-22-6-7-26-16;2-1-3/h2-7,11,17H,8,10H2,1H3,(H,23,25);. The highest BCUT2D eigenvalue weighted by Crippen LogP contribution is 2.39. The maximum Gasteiger partial charge on any atom is 0.373 e. The van der Waals surface area contributed by atoms with Gasteiger partial charge >= 0.3 is 6.15 Å². The summed E-state index contributed by atoms with van der Waals surface area (Å²) < 4.78 is 0. The maximum absolute atomic E-state index is 12.4. The molecule has 2 heterocycles. The fourth-order valence-electron chi connectivity index (χ4n) is 2.91. The van der Waals surface area contributed by atoms with Crippen molar-refractivity contribution >= 4 is 52.5 Å². The number of aromatic nitrogens is 1. The number of nitriles is 1. The van der Waals surface area contributed by atoms with Crippen LogP contribution in [-0.2, 0) is 25.6 Å².